The zero-order valence-electron chi connectivity index (χ0n) is 9.31. The van der Waals surface area contributed by atoms with Crippen molar-refractivity contribution in [3.05, 3.63) is 45.9 Å². The molecule has 2 aromatic heterocycles. The van der Waals surface area contributed by atoms with Crippen molar-refractivity contribution in [3.63, 3.8) is 0 Å². The van der Waals surface area contributed by atoms with E-state index in [1.807, 2.05) is 24.6 Å². The summed E-state index contributed by atoms with van der Waals surface area (Å²) in [5.74, 6) is 0.846. The Labute approximate surface area is 98.9 Å². The van der Waals surface area contributed by atoms with E-state index in [9.17, 15) is 0 Å². The van der Waals surface area contributed by atoms with E-state index < -0.39 is 0 Å². The van der Waals surface area contributed by atoms with Gasteiger partial charge < -0.3 is 10.5 Å². The van der Waals surface area contributed by atoms with Gasteiger partial charge in [-0.1, -0.05) is 6.07 Å². The lowest BCUT2D eigenvalue weighted by Crippen LogP contribution is -2.11. The molecule has 0 bridgehead atoms. The van der Waals surface area contributed by atoms with Crippen LogP contribution in [0.3, 0.4) is 0 Å². The van der Waals surface area contributed by atoms with Crippen molar-refractivity contribution in [2.45, 2.75) is 13.0 Å². The van der Waals surface area contributed by atoms with Gasteiger partial charge in [-0.2, -0.15) is 0 Å². The Morgan fingerprint density at radius 3 is 2.94 bits per heavy atom. The van der Waals surface area contributed by atoms with Gasteiger partial charge in [0.2, 0.25) is 0 Å². The Kier molecular flexibility index (Phi) is 3.22. The van der Waals surface area contributed by atoms with Crippen LogP contribution in [0.25, 0.3) is 0 Å². The van der Waals surface area contributed by atoms with Crippen LogP contribution >= 0.6 is 11.3 Å². The highest BCUT2D eigenvalue weighted by molar-refractivity contribution is 7.10. The molecule has 16 heavy (non-hydrogen) atoms. The second-order valence-electron chi connectivity index (χ2n) is 3.63. The molecule has 0 aromatic carbocycles. The highest BCUT2D eigenvalue weighted by Crippen LogP contribution is 2.32. The Morgan fingerprint density at radius 1 is 1.44 bits per heavy atom. The number of nitrogens with zero attached hydrogens (tertiary/aromatic N) is 1. The molecule has 84 valence electrons. The standard InChI is InChI=1S/C12H14N2OS/c1-8-5-9(7-14-6-8)11(13)12-10(15-2)3-4-16-12/h3-7,11H,13H2,1-2H3. The van der Waals surface area contributed by atoms with E-state index in [1.165, 1.54) is 0 Å². The Hall–Kier alpha value is -1.39. The van der Waals surface area contributed by atoms with Crippen molar-refractivity contribution in [3.8, 4) is 5.75 Å². The minimum absolute atomic E-state index is 0.164. The van der Waals surface area contributed by atoms with E-state index in [0.717, 1.165) is 21.8 Å². The molecule has 2 heterocycles. The molecule has 3 nitrogen and oxygen atoms in total. The first-order valence-electron chi connectivity index (χ1n) is 5.01. The number of hydrogen-bond acceptors (Lipinski definition) is 4. The van der Waals surface area contributed by atoms with Gasteiger partial charge in [-0.15, -0.1) is 11.3 Å². The van der Waals surface area contributed by atoms with E-state index in [4.69, 9.17) is 10.5 Å². The molecular weight excluding hydrogens is 220 g/mol. The number of hydrogen-bond donors (Lipinski definition) is 1. The molecule has 0 aliphatic rings. The number of thiophene rings is 1. The summed E-state index contributed by atoms with van der Waals surface area (Å²) in [6.07, 6.45) is 3.62. The van der Waals surface area contributed by atoms with Crippen LogP contribution in [0, 0.1) is 6.92 Å². The molecule has 0 aliphatic carbocycles. The summed E-state index contributed by atoms with van der Waals surface area (Å²) < 4.78 is 5.27. The number of nitrogens with two attached hydrogens (primary N) is 1. The molecule has 0 spiro atoms. The van der Waals surface area contributed by atoms with Crippen LogP contribution in [0.4, 0.5) is 0 Å². The Balaban J connectivity index is 2.35. The molecular formula is C12H14N2OS. The Morgan fingerprint density at radius 2 is 2.25 bits per heavy atom. The molecule has 0 amide bonds. The third-order valence-electron chi connectivity index (χ3n) is 2.41. The quantitative estimate of drug-likeness (QED) is 0.887. The van der Waals surface area contributed by atoms with E-state index in [2.05, 4.69) is 11.1 Å². The average Bonchev–Trinajstić information content (AvgIpc) is 2.76. The molecule has 4 heteroatoms. The van der Waals surface area contributed by atoms with E-state index in [-0.39, 0.29) is 6.04 Å². The zero-order chi connectivity index (χ0) is 11.5. The van der Waals surface area contributed by atoms with Gasteiger partial charge in [0.25, 0.3) is 0 Å². The lowest BCUT2D eigenvalue weighted by atomic mass is 10.1. The van der Waals surface area contributed by atoms with Gasteiger partial charge in [0.1, 0.15) is 5.75 Å². The third kappa shape index (κ3) is 2.08. The van der Waals surface area contributed by atoms with Crippen molar-refractivity contribution < 1.29 is 4.74 Å². The normalized spacial score (nSPS) is 12.4. The van der Waals surface area contributed by atoms with Crippen LogP contribution < -0.4 is 10.5 Å². The van der Waals surface area contributed by atoms with E-state index in [1.54, 1.807) is 24.6 Å². The van der Waals surface area contributed by atoms with Crippen LogP contribution in [-0.2, 0) is 0 Å². The largest absolute Gasteiger partial charge is 0.496 e. The van der Waals surface area contributed by atoms with Crippen LogP contribution in [0.5, 0.6) is 5.75 Å². The van der Waals surface area contributed by atoms with Crippen molar-refractivity contribution in [1.82, 2.24) is 4.98 Å². The second kappa shape index (κ2) is 4.63. The van der Waals surface area contributed by atoms with Crippen LogP contribution in [0.2, 0.25) is 0 Å². The first kappa shape index (κ1) is 11.1. The summed E-state index contributed by atoms with van der Waals surface area (Å²) in [7, 11) is 1.66. The maximum atomic E-state index is 6.20. The molecule has 0 saturated carbocycles. The first-order valence-corrected chi connectivity index (χ1v) is 5.89. The van der Waals surface area contributed by atoms with Gasteiger partial charge in [-0.25, -0.2) is 0 Å². The molecule has 0 radical (unpaired) electrons. The highest BCUT2D eigenvalue weighted by Gasteiger charge is 2.15. The van der Waals surface area contributed by atoms with Gasteiger partial charge in [-0.05, 0) is 29.5 Å². The molecule has 1 atom stereocenters. The minimum atomic E-state index is -0.164. The fraction of sp³-hybridized carbons (Fsp3) is 0.250. The fourth-order valence-corrected chi connectivity index (χ4v) is 2.49. The van der Waals surface area contributed by atoms with Crippen molar-refractivity contribution in [2.75, 3.05) is 7.11 Å². The van der Waals surface area contributed by atoms with E-state index >= 15 is 0 Å². The van der Waals surface area contributed by atoms with Crippen molar-refractivity contribution in [2.24, 2.45) is 5.73 Å². The summed E-state index contributed by atoms with van der Waals surface area (Å²) in [5.41, 5.74) is 8.33. The van der Waals surface area contributed by atoms with Crippen LogP contribution in [0.15, 0.2) is 29.9 Å². The number of ether oxygens (including phenoxy) is 1. The molecule has 1 unspecified atom stereocenters. The van der Waals surface area contributed by atoms with Gasteiger partial charge in [-0.3, -0.25) is 4.98 Å². The Bertz CT molecular complexity index is 481. The molecule has 2 rings (SSSR count). The molecule has 0 aliphatic heterocycles. The maximum absolute atomic E-state index is 6.20. The van der Waals surface area contributed by atoms with Crippen LogP contribution in [0.1, 0.15) is 22.0 Å². The lowest BCUT2D eigenvalue weighted by Gasteiger charge is -2.12. The smallest absolute Gasteiger partial charge is 0.134 e. The number of rotatable bonds is 3. The first-order chi connectivity index (χ1) is 7.72. The topological polar surface area (TPSA) is 48.1 Å². The molecule has 0 fully saturated rings. The number of pyridine rings is 1. The number of methoxy groups -OCH3 is 1. The third-order valence-corrected chi connectivity index (χ3v) is 3.40. The highest BCUT2D eigenvalue weighted by atomic mass is 32.1. The molecule has 2 N–H and O–H groups in total. The van der Waals surface area contributed by atoms with Gasteiger partial charge >= 0.3 is 0 Å². The van der Waals surface area contributed by atoms with Crippen LogP contribution in [-0.4, -0.2) is 12.1 Å². The monoisotopic (exact) mass is 234 g/mol. The number of aryl methyl sites for hydroxylation is 1. The summed E-state index contributed by atoms with van der Waals surface area (Å²) in [6.45, 7) is 2.01. The minimum Gasteiger partial charge on any atom is -0.496 e. The summed E-state index contributed by atoms with van der Waals surface area (Å²) in [4.78, 5) is 5.19. The predicted octanol–water partition coefficient (Wildman–Crippen LogP) is 2.51. The van der Waals surface area contributed by atoms with Gasteiger partial charge in [0, 0.05) is 12.4 Å². The second-order valence-corrected chi connectivity index (χ2v) is 4.57. The van der Waals surface area contributed by atoms with Gasteiger partial charge in [0.05, 0.1) is 18.0 Å². The summed E-state index contributed by atoms with van der Waals surface area (Å²) in [6, 6.07) is 3.82. The van der Waals surface area contributed by atoms with Crippen molar-refractivity contribution >= 4 is 11.3 Å². The summed E-state index contributed by atoms with van der Waals surface area (Å²) in [5, 5.41) is 1.98. The maximum Gasteiger partial charge on any atom is 0.134 e. The summed E-state index contributed by atoms with van der Waals surface area (Å²) >= 11 is 1.61. The van der Waals surface area contributed by atoms with Crippen molar-refractivity contribution in [1.29, 1.82) is 0 Å². The average molecular weight is 234 g/mol. The van der Waals surface area contributed by atoms with Gasteiger partial charge in [0.15, 0.2) is 0 Å². The SMILES string of the molecule is COc1ccsc1C(N)c1cncc(C)c1. The zero-order valence-corrected chi connectivity index (χ0v) is 10.1. The fourth-order valence-electron chi connectivity index (χ4n) is 1.60. The number of aromatic nitrogens is 1. The predicted molar refractivity (Wildman–Crippen MR) is 65.9 cm³/mol. The van der Waals surface area contributed by atoms with E-state index in [0.29, 0.717) is 0 Å². The lowest BCUT2D eigenvalue weighted by molar-refractivity contribution is 0.411. The molecule has 2 aromatic rings. The molecule has 0 saturated heterocycles.